The van der Waals surface area contributed by atoms with Crippen LogP contribution in [0.15, 0.2) is 42.5 Å². The SMILES string of the molecule is O=C(O)c1cccc(OCc2ccc(I)cc2)n1. The molecule has 5 heteroatoms. The van der Waals surface area contributed by atoms with Gasteiger partial charge in [0.2, 0.25) is 5.88 Å². The Morgan fingerprint density at radius 2 is 1.94 bits per heavy atom. The van der Waals surface area contributed by atoms with Crippen LogP contribution in [0.2, 0.25) is 0 Å². The van der Waals surface area contributed by atoms with Crippen LogP contribution in [0.1, 0.15) is 16.1 Å². The smallest absolute Gasteiger partial charge is 0.354 e. The maximum Gasteiger partial charge on any atom is 0.354 e. The number of aromatic carboxylic acids is 1. The van der Waals surface area contributed by atoms with Crippen molar-refractivity contribution >= 4 is 28.6 Å². The third-order valence-electron chi connectivity index (χ3n) is 2.24. The van der Waals surface area contributed by atoms with E-state index in [1.54, 1.807) is 12.1 Å². The fourth-order valence-corrected chi connectivity index (χ4v) is 1.71. The number of aromatic nitrogens is 1. The van der Waals surface area contributed by atoms with E-state index in [9.17, 15) is 4.79 Å². The molecule has 18 heavy (non-hydrogen) atoms. The van der Waals surface area contributed by atoms with Gasteiger partial charge in [0.05, 0.1) is 0 Å². The molecule has 0 saturated heterocycles. The molecule has 0 fully saturated rings. The van der Waals surface area contributed by atoms with Gasteiger partial charge in [-0.25, -0.2) is 9.78 Å². The molecule has 0 radical (unpaired) electrons. The Kier molecular flexibility index (Phi) is 4.14. The Bertz CT molecular complexity index is 554. The number of halogens is 1. The number of hydrogen-bond acceptors (Lipinski definition) is 3. The van der Waals surface area contributed by atoms with Crippen LogP contribution in [0, 0.1) is 3.57 Å². The van der Waals surface area contributed by atoms with Crippen molar-refractivity contribution in [1.29, 1.82) is 0 Å². The van der Waals surface area contributed by atoms with Crippen LogP contribution in [-0.2, 0) is 6.61 Å². The third kappa shape index (κ3) is 3.43. The zero-order valence-corrected chi connectivity index (χ0v) is 11.5. The molecule has 0 aliphatic rings. The molecule has 1 heterocycles. The lowest BCUT2D eigenvalue weighted by Crippen LogP contribution is -2.03. The number of nitrogens with zero attached hydrogens (tertiary/aromatic N) is 1. The number of carboxylic acid groups (broad SMARTS) is 1. The quantitative estimate of drug-likeness (QED) is 0.857. The van der Waals surface area contributed by atoms with Crippen molar-refractivity contribution in [3.63, 3.8) is 0 Å². The summed E-state index contributed by atoms with van der Waals surface area (Å²) >= 11 is 2.23. The molecule has 0 aliphatic heterocycles. The Morgan fingerprint density at radius 1 is 1.22 bits per heavy atom. The predicted octanol–water partition coefficient (Wildman–Crippen LogP) is 2.96. The van der Waals surface area contributed by atoms with Crippen molar-refractivity contribution in [2.45, 2.75) is 6.61 Å². The molecule has 0 aliphatic carbocycles. The monoisotopic (exact) mass is 355 g/mol. The lowest BCUT2D eigenvalue weighted by Gasteiger charge is -2.05. The molecule has 0 atom stereocenters. The van der Waals surface area contributed by atoms with Crippen molar-refractivity contribution in [3.8, 4) is 5.88 Å². The van der Waals surface area contributed by atoms with Gasteiger partial charge in [-0.1, -0.05) is 18.2 Å². The highest BCUT2D eigenvalue weighted by Crippen LogP contribution is 2.12. The topological polar surface area (TPSA) is 59.4 Å². The van der Waals surface area contributed by atoms with E-state index in [0.717, 1.165) is 9.13 Å². The summed E-state index contributed by atoms with van der Waals surface area (Å²) in [6, 6.07) is 12.6. The molecule has 2 rings (SSSR count). The van der Waals surface area contributed by atoms with E-state index in [4.69, 9.17) is 9.84 Å². The number of ether oxygens (including phenoxy) is 1. The first-order valence-electron chi connectivity index (χ1n) is 5.23. The van der Waals surface area contributed by atoms with Gasteiger partial charge in [-0.15, -0.1) is 0 Å². The lowest BCUT2D eigenvalue weighted by molar-refractivity contribution is 0.0689. The van der Waals surface area contributed by atoms with E-state index in [1.807, 2.05) is 24.3 Å². The summed E-state index contributed by atoms with van der Waals surface area (Å²) in [6.45, 7) is 0.368. The summed E-state index contributed by atoms with van der Waals surface area (Å²) in [4.78, 5) is 14.6. The zero-order valence-electron chi connectivity index (χ0n) is 9.34. The zero-order chi connectivity index (χ0) is 13.0. The molecular formula is C13H10INO3. The van der Waals surface area contributed by atoms with Crippen molar-refractivity contribution in [3.05, 3.63) is 57.3 Å². The number of rotatable bonds is 4. The molecule has 0 spiro atoms. The highest BCUT2D eigenvalue weighted by Gasteiger charge is 2.05. The second kappa shape index (κ2) is 5.81. The molecule has 1 aromatic carbocycles. The maximum atomic E-state index is 10.7. The van der Waals surface area contributed by atoms with Gasteiger partial charge in [0, 0.05) is 9.64 Å². The summed E-state index contributed by atoms with van der Waals surface area (Å²) < 4.78 is 6.60. The predicted molar refractivity (Wildman–Crippen MR) is 74.7 cm³/mol. The molecule has 2 aromatic rings. The van der Waals surface area contributed by atoms with E-state index >= 15 is 0 Å². The summed E-state index contributed by atoms with van der Waals surface area (Å²) in [5.74, 6) is -0.747. The standard InChI is InChI=1S/C13H10INO3/c14-10-6-4-9(5-7-10)8-18-12-3-1-2-11(15-12)13(16)17/h1-7H,8H2,(H,16,17). The highest BCUT2D eigenvalue weighted by atomic mass is 127. The van der Waals surface area contributed by atoms with Gasteiger partial charge in [0.15, 0.2) is 5.69 Å². The maximum absolute atomic E-state index is 10.7. The fourth-order valence-electron chi connectivity index (χ4n) is 1.35. The molecular weight excluding hydrogens is 345 g/mol. The average molecular weight is 355 g/mol. The Hall–Kier alpha value is -1.63. The van der Waals surface area contributed by atoms with Gasteiger partial charge >= 0.3 is 5.97 Å². The van der Waals surface area contributed by atoms with Crippen LogP contribution in [0.4, 0.5) is 0 Å². The first kappa shape index (κ1) is 12.8. The van der Waals surface area contributed by atoms with Crippen LogP contribution in [0.25, 0.3) is 0 Å². The third-order valence-corrected chi connectivity index (χ3v) is 2.96. The summed E-state index contributed by atoms with van der Waals surface area (Å²) in [5, 5.41) is 8.81. The molecule has 0 amide bonds. The minimum absolute atomic E-state index is 0.0184. The number of carboxylic acids is 1. The van der Waals surface area contributed by atoms with Crippen molar-refractivity contribution in [2.24, 2.45) is 0 Å². The molecule has 0 bridgehead atoms. The van der Waals surface area contributed by atoms with Crippen molar-refractivity contribution in [2.75, 3.05) is 0 Å². The lowest BCUT2D eigenvalue weighted by atomic mass is 10.2. The Morgan fingerprint density at radius 3 is 2.61 bits per heavy atom. The minimum Gasteiger partial charge on any atom is -0.477 e. The number of hydrogen-bond donors (Lipinski definition) is 1. The molecule has 1 aromatic heterocycles. The average Bonchev–Trinajstić information content (AvgIpc) is 2.38. The van der Waals surface area contributed by atoms with Gasteiger partial charge in [-0.3, -0.25) is 0 Å². The van der Waals surface area contributed by atoms with Gasteiger partial charge in [-0.2, -0.15) is 0 Å². The Labute approximate surface area is 118 Å². The van der Waals surface area contributed by atoms with Gasteiger partial charge < -0.3 is 9.84 Å². The van der Waals surface area contributed by atoms with Crippen LogP contribution in [0.3, 0.4) is 0 Å². The van der Waals surface area contributed by atoms with Gasteiger partial charge in [-0.05, 0) is 46.4 Å². The van der Waals surface area contributed by atoms with E-state index < -0.39 is 5.97 Å². The van der Waals surface area contributed by atoms with Gasteiger partial charge in [0.25, 0.3) is 0 Å². The van der Waals surface area contributed by atoms with Crippen LogP contribution >= 0.6 is 22.6 Å². The normalized spacial score (nSPS) is 10.1. The van der Waals surface area contributed by atoms with Crippen LogP contribution in [0.5, 0.6) is 5.88 Å². The summed E-state index contributed by atoms with van der Waals surface area (Å²) in [6.07, 6.45) is 0. The van der Waals surface area contributed by atoms with E-state index in [1.165, 1.54) is 6.07 Å². The summed E-state index contributed by atoms with van der Waals surface area (Å²) in [5.41, 5.74) is 0.994. The van der Waals surface area contributed by atoms with Crippen molar-refractivity contribution < 1.29 is 14.6 Å². The van der Waals surface area contributed by atoms with Crippen molar-refractivity contribution in [1.82, 2.24) is 4.98 Å². The Balaban J connectivity index is 2.04. The first-order valence-corrected chi connectivity index (χ1v) is 6.30. The highest BCUT2D eigenvalue weighted by molar-refractivity contribution is 14.1. The number of benzene rings is 1. The van der Waals surface area contributed by atoms with Crippen LogP contribution in [-0.4, -0.2) is 16.1 Å². The number of carbonyl (C=O) groups is 1. The second-order valence-electron chi connectivity index (χ2n) is 3.58. The molecule has 92 valence electrons. The summed E-state index contributed by atoms with van der Waals surface area (Å²) in [7, 11) is 0. The molecule has 0 unspecified atom stereocenters. The van der Waals surface area contributed by atoms with Crippen LogP contribution < -0.4 is 4.74 Å². The molecule has 0 saturated carbocycles. The van der Waals surface area contributed by atoms with E-state index in [-0.39, 0.29) is 5.69 Å². The fraction of sp³-hybridized carbons (Fsp3) is 0.0769. The minimum atomic E-state index is -1.06. The van der Waals surface area contributed by atoms with E-state index in [2.05, 4.69) is 27.6 Å². The largest absolute Gasteiger partial charge is 0.477 e. The molecule has 1 N–H and O–H groups in total. The molecule has 4 nitrogen and oxygen atoms in total. The number of pyridine rings is 1. The second-order valence-corrected chi connectivity index (χ2v) is 4.83. The van der Waals surface area contributed by atoms with E-state index in [0.29, 0.717) is 12.5 Å². The van der Waals surface area contributed by atoms with Gasteiger partial charge in [0.1, 0.15) is 6.61 Å². The first-order chi connectivity index (χ1) is 8.65.